The zero-order chi connectivity index (χ0) is 17.3. The summed E-state index contributed by atoms with van der Waals surface area (Å²) in [6.07, 6.45) is 3.28. The second-order valence-electron chi connectivity index (χ2n) is 5.89. The van der Waals surface area contributed by atoms with Gasteiger partial charge in [-0.25, -0.2) is 4.79 Å². The first-order valence-corrected chi connectivity index (χ1v) is 7.77. The highest BCUT2D eigenvalue weighted by Gasteiger charge is 2.13. The number of hydrogen-bond donors (Lipinski definition) is 1. The Morgan fingerprint density at radius 1 is 1.12 bits per heavy atom. The van der Waals surface area contributed by atoms with Crippen LogP contribution in [0, 0.1) is 0 Å². The molecule has 0 spiro atoms. The molecule has 2 aromatic rings. The maximum absolute atomic E-state index is 12.0. The molecule has 0 atom stereocenters. The Morgan fingerprint density at radius 2 is 1.88 bits per heavy atom. The third-order valence-corrected chi connectivity index (χ3v) is 4.23. The van der Waals surface area contributed by atoms with E-state index >= 15 is 0 Å². The van der Waals surface area contributed by atoms with Crippen molar-refractivity contribution in [2.24, 2.45) is 14.1 Å². The van der Waals surface area contributed by atoms with Crippen LogP contribution in [0.1, 0.15) is 17.5 Å². The lowest BCUT2D eigenvalue weighted by Gasteiger charge is -2.12. The number of carbonyl (C=O) groups is 1. The van der Waals surface area contributed by atoms with Crippen molar-refractivity contribution in [1.82, 2.24) is 9.13 Å². The second kappa shape index (κ2) is 6.35. The smallest absolute Gasteiger partial charge is 0.332 e. The lowest BCUT2D eigenvalue weighted by atomic mass is 10.1. The molecule has 0 saturated carbocycles. The highest BCUT2D eigenvalue weighted by Crippen LogP contribution is 2.25. The van der Waals surface area contributed by atoms with Crippen LogP contribution in [-0.4, -0.2) is 21.6 Å². The fourth-order valence-corrected chi connectivity index (χ4v) is 2.82. The summed E-state index contributed by atoms with van der Waals surface area (Å²) >= 11 is 0. The van der Waals surface area contributed by atoms with Crippen molar-refractivity contribution >= 4 is 11.7 Å². The van der Waals surface area contributed by atoms with Gasteiger partial charge in [0.15, 0.2) is 6.61 Å². The van der Waals surface area contributed by atoms with Crippen LogP contribution in [0.4, 0.5) is 5.82 Å². The highest BCUT2D eigenvalue weighted by molar-refractivity contribution is 5.91. The molecule has 7 heteroatoms. The fraction of sp³-hybridized carbons (Fsp3) is 0.353. The number of aryl methyl sites for hydroxylation is 2. The topological polar surface area (TPSA) is 82.3 Å². The van der Waals surface area contributed by atoms with Gasteiger partial charge in [-0.1, -0.05) is 6.07 Å². The first kappa shape index (κ1) is 16.0. The molecular weight excluding hydrogens is 310 g/mol. The van der Waals surface area contributed by atoms with Gasteiger partial charge in [0.1, 0.15) is 11.6 Å². The predicted octanol–water partition coefficient (Wildman–Crippen LogP) is 0.590. The van der Waals surface area contributed by atoms with Gasteiger partial charge in [0.2, 0.25) is 0 Å². The number of ether oxygens (including phenoxy) is 1. The van der Waals surface area contributed by atoms with Crippen LogP contribution >= 0.6 is 0 Å². The quantitative estimate of drug-likeness (QED) is 0.890. The number of carbonyl (C=O) groups excluding carboxylic acids is 1. The van der Waals surface area contributed by atoms with E-state index in [1.165, 1.54) is 35.9 Å². The Balaban J connectivity index is 1.66. The average molecular weight is 329 g/mol. The van der Waals surface area contributed by atoms with E-state index < -0.39 is 17.2 Å². The molecule has 3 rings (SSSR count). The molecule has 1 amide bonds. The lowest BCUT2D eigenvalue weighted by molar-refractivity contribution is -0.118. The van der Waals surface area contributed by atoms with Gasteiger partial charge in [-0.05, 0) is 42.5 Å². The molecule has 1 aromatic heterocycles. The Morgan fingerprint density at radius 3 is 2.67 bits per heavy atom. The van der Waals surface area contributed by atoms with Crippen molar-refractivity contribution in [2.75, 3.05) is 11.9 Å². The number of nitrogens with zero attached hydrogens (tertiary/aromatic N) is 2. The van der Waals surface area contributed by atoms with Gasteiger partial charge >= 0.3 is 5.69 Å². The Hall–Kier alpha value is -2.83. The first-order valence-electron chi connectivity index (χ1n) is 7.77. The first-order chi connectivity index (χ1) is 11.5. The van der Waals surface area contributed by atoms with Crippen LogP contribution < -0.4 is 21.3 Å². The summed E-state index contributed by atoms with van der Waals surface area (Å²) in [4.78, 5) is 35.5. The van der Waals surface area contributed by atoms with Gasteiger partial charge in [-0.2, -0.15) is 0 Å². The second-order valence-corrected chi connectivity index (χ2v) is 5.89. The van der Waals surface area contributed by atoms with Crippen molar-refractivity contribution in [2.45, 2.75) is 19.3 Å². The Bertz CT molecular complexity index is 911. The summed E-state index contributed by atoms with van der Waals surface area (Å²) in [6, 6.07) is 7.05. The zero-order valence-corrected chi connectivity index (χ0v) is 13.7. The van der Waals surface area contributed by atoms with Gasteiger partial charge in [-0.3, -0.25) is 18.7 Å². The molecule has 0 unspecified atom stereocenters. The summed E-state index contributed by atoms with van der Waals surface area (Å²) in [5.74, 6) is 0.355. The minimum atomic E-state index is -0.502. The third kappa shape index (κ3) is 3.10. The standard InChI is InChI=1S/C17H19N3O4/c1-19-14(9-16(22)20(2)17(19)23)18-15(21)10-24-13-7-6-11-4-3-5-12(11)8-13/h6-9H,3-5,10H2,1-2H3,(H,18,21). The van der Waals surface area contributed by atoms with Gasteiger partial charge < -0.3 is 10.1 Å². The molecule has 0 aliphatic heterocycles. The SMILES string of the molecule is Cn1c(NC(=O)COc2ccc3c(c2)CCC3)cc(=O)n(C)c1=O. The molecule has 126 valence electrons. The zero-order valence-electron chi connectivity index (χ0n) is 13.7. The molecule has 0 bridgehead atoms. The van der Waals surface area contributed by atoms with Gasteiger partial charge in [0.05, 0.1) is 0 Å². The molecular formula is C17H19N3O4. The van der Waals surface area contributed by atoms with E-state index in [0.29, 0.717) is 5.75 Å². The van der Waals surface area contributed by atoms with Gasteiger partial charge in [-0.15, -0.1) is 0 Å². The number of benzene rings is 1. The number of amides is 1. The van der Waals surface area contributed by atoms with Crippen molar-refractivity contribution in [3.8, 4) is 5.75 Å². The van der Waals surface area contributed by atoms with Gasteiger partial charge in [0.25, 0.3) is 11.5 Å². The number of hydrogen-bond acceptors (Lipinski definition) is 4. The Kier molecular flexibility index (Phi) is 4.24. The van der Waals surface area contributed by atoms with E-state index in [1.54, 1.807) is 0 Å². The van der Waals surface area contributed by atoms with Crippen molar-refractivity contribution in [3.63, 3.8) is 0 Å². The third-order valence-electron chi connectivity index (χ3n) is 4.23. The summed E-state index contributed by atoms with van der Waals surface area (Å²) in [5, 5.41) is 2.53. The maximum Gasteiger partial charge on any atom is 0.332 e. The molecule has 0 fully saturated rings. The summed E-state index contributed by atoms with van der Waals surface area (Å²) in [5.41, 5.74) is 1.62. The molecule has 1 heterocycles. The summed E-state index contributed by atoms with van der Waals surface area (Å²) in [7, 11) is 2.87. The van der Waals surface area contributed by atoms with Crippen molar-refractivity contribution < 1.29 is 9.53 Å². The van der Waals surface area contributed by atoms with Crippen molar-refractivity contribution in [1.29, 1.82) is 0 Å². The maximum atomic E-state index is 12.0. The minimum absolute atomic E-state index is 0.144. The van der Waals surface area contributed by atoms with E-state index in [2.05, 4.69) is 5.32 Å². The minimum Gasteiger partial charge on any atom is -0.484 e. The van der Waals surface area contributed by atoms with Crippen LogP contribution in [0.2, 0.25) is 0 Å². The molecule has 7 nitrogen and oxygen atoms in total. The summed E-state index contributed by atoms with van der Waals surface area (Å²) < 4.78 is 7.68. The molecule has 1 aliphatic carbocycles. The van der Waals surface area contributed by atoms with Crippen LogP contribution in [0.5, 0.6) is 5.75 Å². The van der Waals surface area contributed by atoms with Crippen LogP contribution in [-0.2, 0) is 31.7 Å². The molecule has 1 N–H and O–H groups in total. The number of rotatable bonds is 4. The van der Waals surface area contributed by atoms with Crippen LogP contribution in [0.15, 0.2) is 33.9 Å². The number of nitrogens with one attached hydrogen (secondary N) is 1. The highest BCUT2D eigenvalue weighted by atomic mass is 16.5. The predicted molar refractivity (Wildman–Crippen MR) is 89.5 cm³/mol. The average Bonchev–Trinajstić information content (AvgIpc) is 3.03. The van der Waals surface area contributed by atoms with E-state index in [0.717, 1.165) is 23.8 Å². The monoisotopic (exact) mass is 329 g/mol. The number of anilines is 1. The Labute approximate surface area is 138 Å². The molecule has 24 heavy (non-hydrogen) atoms. The molecule has 1 aromatic carbocycles. The van der Waals surface area contributed by atoms with Crippen LogP contribution in [0.25, 0.3) is 0 Å². The van der Waals surface area contributed by atoms with Crippen molar-refractivity contribution in [3.05, 3.63) is 56.2 Å². The van der Waals surface area contributed by atoms with E-state index in [-0.39, 0.29) is 12.4 Å². The molecule has 0 saturated heterocycles. The number of fused-ring (bicyclic) bond motifs is 1. The van der Waals surface area contributed by atoms with E-state index in [1.807, 2.05) is 18.2 Å². The normalized spacial score (nSPS) is 12.8. The van der Waals surface area contributed by atoms with E-state index in [4.69, 9.17) is 4.74 Å². The lowest BCUT2D eigenvalue weighted by Crippen LogP contribution is -2.38. The molecule has 1 aliphatic rings. The number of aromatic nitrogens is 2. The largest absolute Gasteiger partial charge is 0.484 e. The fourth-order valence-electron chi connectivity index (χ4n) is 2.82. The molecule has 0 radical (unpaired) electrons. The van der Waals surface area contributed by atoms with Gasteiger partial charge in [0, 0.05) is 20.2 Å². The van der Waals surface area contributed by atoms with E-state index in [9.17, 15) is 14.4 Å². The summed E-state index contributed by atoms with van der Waals surface area (Å²) in [6.45, 7) is -0.192. The van der Waals surface area contributed by atoms with Crippen LogP contribution in [0.3, 0.4) is 0 Å².